The van der Waals surface area contributed by atoms with Gasteiger partial charge in [-0.25, -0.2) is 0 Å². The number of nitro benzene ring substituents is 1. The molecule has 1 heterocycles. The normalized spacial score (nSPS) is 20.9. The van der Waals surface area contributed by atoms with E-state index in [1.54, 1.807) is 6.92 Å². The van der Waals surface area contributed by atoms with Crippen LogP contribution in [-0.2, 0) is 20.9 Å². The highest BCUT2D eigenvalue weighted by Crippen LogP contribution is 2.47. The minimum absolute atomic E-state index is 0.0435. The summed E-state index contributed by atoms with van der Waals surface area (Å²) in [5.41, 5.74) is 3.16. The molecule has 1 N–H and O–H groups in total. The average molecular weight is 511 g/mol. The second kappa shape index (κ2) is 10.4. The van der Waals surface area contributed by atoms with Crippen molar-refractivity contribution in [3.05, 3.63) is 117 Å². The fourth-order valence-corrected chi connectivity index (χ4v) is 5.38. The number of hydrogen-bond acceptors (Lipinski definition) is 7. The summed E-state index contributed by atoms with van der Waals surface area (Å²) in [5, 5.41) is 21.6. The summed E-state index contributed by atoms with van der Waals surface area (Å²) < 4.78 is 5.66. The molecule has 1 unspecified atom stereocenters. The number of phenols is 1. The maximum absolute atomic E-state index is 13.7. The molecule has 3 aromatic rings. The minimum atomic E-state index is -0.946. The lowest BCUT2D eigenvalue weighted by atomic mass is 9.69. The van der Waals surface area contributed by atoms with Gasteiger partial charge in [0.25, 0.3) is 0 Å². The smallest absolute Gasteiger partial charge is 0.315 e. The van der Waals surface area contributed by atoms with Crippen molar-refractivity contribution in [3.63, 3.8) is 0 Å². The van der Waals surface area contributed by atoms with Crippen LogP contribution in [-0.4, -0.2) is 27.5 Å². The molecule has 5 rings (SSSR count). The molecule has 38 heavy (non-hydrogen) atoms. The van der Waals surface area contributed by atoms with Crippen molar-refractivity contribution in [1.29, 1.82) is 0 Å². The Bertz CT molecular complexity index is 1460. The molecule has 0 aromatic heterocycles. The zero-order valence-electron chi connectivity index (χ0n) is 20.7. The summed E-state index contributed by atoms with van der Waals surface area (Å²) >= 11 is 0. The lowest BCUT2D eigenvalue weighted by Crippen LogP contribution is -2.38. The summed E-state index contributed by atoms with van der Waals surface area (Å²) in [6.07, 6.45) is 0.741. The Labute approximate surface area is 219 Å². The van der Waals surface area contributed by atoms with Gasteiger partial charge in [-0.3, -0.25) is 24.7 Å². The Kier molecular flexibility index (Phi) is 6.87. The highest BCUT2D eigenvalue weighted by atomic mass is 16.6. The molecule has 0 radical (unpaired) electrons. The Balaban J connectivity index is 1.56. The van der Waals surface area contributed by atoms with Gasteiger partial charge in [0.05, 0.1) is 4.92 Å². The molecular formula is C30H26N2O6. The number of esters is 1. The van der Waals surface area contributed by atoms with Crippen LogP contribution in [0.3, 0.4) is 0 Å². The van der Waals surface area contributed by atoms with Gasteiger partial charge in [0.15, 0.2) is 11.5 Å². The van der Waals surface area contributed by atoms with Crippen LogP contribution < -0.4 is 0 Å². The number of aliphatic imine (C=N–C) groups is 1. The number of aromatic hydroxyl groups is 1. The van der Waals surface area contributed by atoms with E-state index >= 15 is 0 Å². The molecule has 1 aliphatic heterocycles. The average Bonchev–Trinajstić information content (AvgIpc) is 2.92. The van der Waals surface area contributed by atoms with Gasteiger partial charge in [0, 0.05) is 35.4 Å². The van der Waals surface area contributed by atoms with Gasteiger partial charge in [-0.15, -0.1) is 0 Å². The van der Waals surface area contributed by atoms with Crippen LogP contribution in [0.4, 0.5) is 5.69 Å². The van der Waals surface area contributed by atoms with E-state index in [1.165, 1.54) is 18.2 Å². The first-order valence-corrected chi connectivity index (χ1v) is 12.4. The fraction of sp³-hybridized carbons (Fsp3) is 0.233. The van der Waals surface area contributed by atoms with Gasteiger partial charge in [-0.05, 0) is 42.0 Å². The van der Waals surface area contributed by atoms with E-state index in [9.17, 15) is 24.8 Å². The summed E-state index contributed by atoms with van der Waals surface area (Å²) in [6, 6.07) is 22.9. The highest BCUT2D eigenvalue weighted by Gasteiger charge is 2.45. The molecule has 0 bridgehead atoms. The zero-order chi connectivity index (χ0) is 26.8. The van der Waals surface area contributed by atoms with Crippen molar-refractivity contribution in [2.24, 2.45) is 10.9 Å². The second-order valence-electron chi connectivity index (χ2n) is 9.61. The molecule has 8 nitrogen and oxygen atoms in total. The molecule has 0 fully saturated rings. The Hall–Kier alpha value is -4.59. The first-order valence-electron chi connectivity index (χ1n) is 12.4. The van der Waals surface area contributed by atoms with Crippen molar-refractivity contribution in [2.75, 3.05) is 0 Å². The maximum atomic E-state index is 13.7. The standard InChI is InChI=1S/C30H26N2O6/c1-18-27(30(35)38-17-19-8-4-2-5-9-19)28(21-12-13-25(33)24(15-21)32(36)37)29-23(31-18)14-22(16-26(29)34)20-10-6-3-7-11-20/h2-13,15,22,27-28,33H,14,16-17H2,1H3/t22-,27?,28-/m1/s1. The third kappa shape index (κ3) is 4.85. The molecule has 3 atom stereocenters. The van der Waals surface area contributed by atoms with Crippen LogP contribution in [0.2, 0.25) is 0 Å². The largest absolute Gasteiger partial charge is 0.502 e. The quantitative estimate of drug-likeness (QED) is 0.261. The van der Waals surface area contributed by atoms with Crippen LogP contribution in [0.1, 0.15) is 48.3 Å². The molecule has 0 amide bonds. The summed E-state index contributed by atoms with van der Waals surface area (Å²) in [6.45, 7) is 1.76. The first-order chi connectivity index (χ1) is 18.3. The number of allylic oxidation sites excluding steroid dienone is 2. The minimum Gasteiger partial charge on any atom is -0.502 e. The number of Topliss-reactive ketones (excluding diaryl/α,β-unsaturated/α-hetero) is 1. The van der Waals surface area contributed by atoms with E-state index < -0.39 is 34.2 Å². The maximum Gasteiger partial charge on any atom is 0.315 e. The summed E-state index contributed by atoms with van der Waals surface area (Å²) in [5.74, 6) is -3.04. The number of nitro groups is 1. The number of carbonyl (C=O) groups excluding carboxylic acids is 2. The monoisotopic (exact) mass is 510 g/mol. The number of ether oxygens (including phenoxy) is 1. The predicted molar refractivity (Wildman–Crippen MR) is 141 cm³/mol. The van der Waals surface area contributed by atoms with Crippen LogP contribution >= 0.6 is 0 Å². The van der Waals surface area contributed by atoms with Crippen molar-refractivity contribution in [3.8, 4) is 5.75 Å². The van der Waals surface area contributed by atoms with Crippen LogP contribution in [0.5, 0.6) is 5.75 Å². The lowest BCUT2D eigenvalue weighted by molar-refractivity contribution is -0.385. The summed E-state index contributed by atoms with van der Waals surface area (Å²) in [7, 11) is 0. The zero-order valence-corrected chi connectivity index (χ0v) is 20.7. The molecule has 0 saturated carbocycles. The molecule has 1 aliphatic carbocycles. The number of benzene rings is 3. The van der Waals surface area contributed by atoms with E-state index in [2.05, 4.69) is 0 Å². The Morgan fingerprint density at radius 2 is 1.71 bits per heavy atom. The molecule has 3 aromatic carbocycles. The number of carbonyl (C=O) groups is 2. The van der Waals surface area contributed by atoms with Crippen molar-refractivity contribution in [2.45, 2.75) is 38.2 Å². The van der Waals surface area contributed by atoms with Gasteiger partial charge >= 0.3 is 11.7 Å². The van der Waals surface area contributed by atoms with Gasteiger partial charge in [0.2, 0.25) is 0 Å². The van der Waals surface area contributed by atoms with Crippen LogP contribution in [0, 0.1) is 16.0 Å². The number of phenolic OH excluding ortho intramolecular Hbond substituents is 1. The highest BCUT2D eigenvalue weighted by molar-refractivity contribution is 6.09. The third-order valence-corrected chi connectivity index (χ3v) is 7.19. The number of ketones is 1. The van der Waals surface area contributed by atoms with Gasteiger partial charge in [-0.2, -0.15) is 0 Å². The number of rotatable bonds is 6. The van der Waals surface area contributed by atoms with Crippen LogP contribution in [0.25, 0.3) is 0 Å². The molecule has 2 aliphatic rings. The predicted octanol–water partition coefficient (Wildman–Crippen LogP) is 5.62. The lowest BCUT2D eigenvalue weighted by Gasteiger charge is -2.36. The molecule has 0 saturated heterocycles. The van der Waals surface area contributed by atoms with E-state index in [1.807, 2.05) is 60.7 Å². The second-order valence-corrected chi connectivity index (χ2v) is 9.61. The van der Waals surface area contributed by atoms with E-state index in [0.717, 1.165) is 11.1 Å². The number of nitrogens with zero attached hydrogens (tertiary/aromatic N) is 2. The topological polar surface area (TPSA) is 119 Å². The third-order valence-electron chi connectivity index (χ3n) is 7.19. The van der Waals surface area contributed by atoms with Crippen molar-refractivity contribution < 1.29 is 24.4 Å². The van der Waals surface area contributed by atoms with Gasteiger partial charge < -0.3 is 9.84 Å². The van der Waals surface area contributed by atoms with E-state index in [4.69, 9.17) is 9.73 Å². The van der Waals surface area contributed by atoms with E-state index in [0.29, 0.717) is 29.0 Å². The van der Waals surface area contributed by atoms with Gasteiger partial charge in [-0.1, -0.05) is 66.7 Å². The Morgan fingerprint density at radius 3 is 2.39 bits per heavy atom. The molecule has 8 heteroatoms. The summed E-state index contributed by atoms with van der Waals surface area (Å²) in [4.78, 5) is 42.8. The number of hydrogen-bond donors (Lipinski definition) is 1. The van der Waals surface area contributed by atoms with Crippen molar-refractivity contribution in [1.82, 2.24) is 0 Å². The molecular weight excluding hydrogens is 484 g/mol. The van der Waals surface area contributed by atoms with Gasteiger partial charge in [0.1, 0.15) is 12.5 Å². The van der Waals surface area contributed by atoms with Crippen LogP contribution in [0.15, 0.2) is 95.1 Å². The SMILES string of the molecule is CC1=NC2=C(C(=O)C[C@H](c3ccccc3)C2)[C@H](c2ccc(O)c([N+](=O)[O-])c2)C1C(=O)OCc1ccccc1. The first kappa shape index (κ1) is 25.1. The molecule has 192 valence electrons. The Morgan fingerprint density at radius 1 is 1.03 bits per heavy atom. The van der Waals surface area contributed by atoms with Crippen molar-refractivity contribution >= 4 is 23.2 Å². The molecule has 0 spiro atoms. The fourth-order valence-electron chi connectivity index (χ4n) is 5.38. The van der Waals surface area contributed by atoms with E-state index in [-0.39, 0.29) is 24.7 Å².